The van der Waals surface area contributed by atoms with Gasteiger partial charge >= 0.3 is 0 Å². The molecule has 0 aromatic heterocycles. The summed E-state index contributed by atoms with van der Waals surface area (Å²) in [6, 6.07) is 33.1. The number of hydrogen-bond donors (Lipinski definition) is 1. The standard InChI is InChI=1S/C31H27ClN2O2S/c1-21-7-11-24(12-8-21)29(23-5-3-2-4-6-23)33-30(36)25-13-15-26(16-14-25)31-34(28(35)20-37-31)19-22-9-17-27(32)18-10-22/h2-18,29,31H,19-20H2,1H3,(H,33,36)/t29-,31-/m0/s1. The minimum Gasteiger partial charge on any atom is -0.341 e. The lowest BCUT2D eigenvalue weighted by molar-refractivity contribution is -0.128. The first kappa shape index (κ1) is 25.1. The molecule has 0 spiro atoms. The summed E-state index contributed by atoms with van der Waals surface area (Å²) in [6.45, 7) is 2.57. The van der Waals surface area contributed by atoms with E-state index in [0.29, 0.717) is 22.9 Å². The Morgan fingerprint density at radius 2 is 1.57 bits per heavy atom. The number of thioether (sulfide) groups is 1. The fourth-order valence-corrected chi connectivity index (χ4v) is 5.78. The molecular weight excluding hydrogens is 500 g/mol. The zero-order valence-electron chi connectivity index (χ0n) is 20.4. The van der Waals surface area contributed by atoms with E-state index < -0.39 is 0 Å². The van der Waals surface area contributed by atoms with Crippen molar-refractivity contribution >= 4 is 35.2 Å². The number of hydrogen-bond acceptors (Lipinski definition) is 3. The second-order valence-corrected chi connectivity index (χ2v) is 10.7. The van der Waals surface area contributed by atoms with E-state index in [4.69, 9.17) is 11.6 Å². The van der Waals surface area contributed by atoms with Crippen LogP contribution in [0.1, 0.15) is 49.6 Å². The van der Waals surface area contributed by atoms with Gasteiger partial charge in [-0.3, -0.25) is 9.59 Å². The van der Waals surface area contributed by atoms with E-state index in [1.165, 1.54) is 5.56 Å². The maximum absolute atomic E-state index is 13.3. The lowest BCUT2D eigenvalue weighted by Crippen LogP contribution is -2.29. The minimum atomic E-state index is -0.258. The second-order valence-electron chi connectivity index (χ2n) is 9.16. The molecule has 6 heteroatoms. The van der Waals surface area contributed by atoms with Crippen molar-refractivity contribution in [1.82, 2.24) is 10.2 Å². The number of nitrogens with zero attached hydrogens (tertiary/aromatic N) is 1. The van der Waals surface area contributed by atoms with Crippen LogP contribution in [-0.2, 0) is 11.3 Å². The monoisotopic (exact) mass is 526 g/mol. The third-order valence-electron chi connectivity index (χ3n) is 6.51. The van der Waals surface area contributed by atoms with Crippen LogP contribution in [0, 0.1) is 6.92 Å². The molecule has 4 aromatic carbocycles. The molecule has 1 heterocycles. The van der Waals surface area contributed by atoms with Crippen molar-refractivity contribution in [1.29, 1.82) is 0 Å². The van der Waals surface area contributed by atoms with Crippen molar-refractivity contribution in [3.63, 3.8) is 0 Å². The van der Waals surface area contributed by atoms with Crippen molar-refractivity contribution in [3.05, 3.63) is 142 Å². The third-order valence-corrected chi connectivity index (χ3v) is 8.02. The van der Waals surface area contributed by atoms with E-state index in [1.54, 1.807) is 11.8 Å². The fraction of sp³-hybridized carbons (Fsp3) is 0.161. The maximum atomic E-state index is 13.3. The van der Waals surface area contributed by atoms with Gasteiger partial charge in [0.1, 0.15) is 5.37 Å². The second kappa shape index (κ2) is 11.2. The van der Waals surface area contributed by atoms with E-state index in [1.807, 2.05) is 90.7 Å². The first-order valence-corrected chi connectivity index (χ1v) is 13.6. The summed E-state index contributed by atoms with van der Waals surface area (Å²) in [4.78, 5) is 27.8. The summed E-state index contributed by atoms with van der Waals surface area (Å²) in [7, 11) is 0. The van der Waals surface area contributed by atoms with Crippen molar-refractivity contribution in [2.45, 2.75) is 24.9 Å². The quantitative estimate of drug-likeness (QED) is 0.284. The lowest BCUT2D eigenvalue weighted by atomic mass is 9.97. The topological polar surface area (TPSA) is 49.4 Å². The summed E-state index contributed by atoms with van der Waals surface area (Å²) in [6.07, 6.45) is 0. The van der Waals surface area contributed by atoms with Crippen LogP contribution in [-0.4, -0.2) is 22.5 Å². The number of nitrogens with one attached hydrogen (secondary N) is 1. The van der Waals surface area contributed by atoms with Crippen molar-refractivity contribution in [3.8, 4) is 0 Å². The Morgan fingerprint density at radius 1 is 0.919 bits per heavy atom. The van der Waals surface area contributed by atoms with E-state index in [2.05, 4.69) is 29.6 Å². The first-order chi connectivity index (χ1) is 18.0. The number of benzene rings is 4. The Labute approximate surface area is 226 Å². The molecule has 5 rings (SSSR count). The zero-order chi connectivity index (χ0) is 25.8. The molecule has 1 fully saturated rings. The van der Waals surface area contributed by atoms with Gasteiger partial charge in [0.05, 0.1) is 11.8 Å². The summed E-state index contributed by atoms with van der Waals surface area (Å²) in [5.74, 6) is 0.403. The van der Waals surface area contributed by atoms with Crippen LogP contribution in [0.25, 0.3) is 0 Å². The molecule has 0 aliphatic carbocycles. The predicted octanol–water partition coefficient (Wildman–Crippen LogP) is 6.94. The largest absolute Gasteiger partial charge is 0.341 e. The summed E-state index contributed by atoms with van der Waals surface area (Å²) >= 11 is 7.62. The van der Waals surface area contributed by atoms with E-state index >= 15 is 0 Å². The predicted molar refractivity (Wildman–Crippen MR) is 151 cm³/mol. The van der Waals surface area contributed by atoms with Gasteiger partial charge in [-0.05, 0) is 53.4 Å². The minimum absolute atomic E-state index is 0.0927. The van der Waals surface area contributed by atoms with Crippen LogP contribution in [0.3, 0.4) is 0 Å². The van der Waals surface area contributed by atoms with Gasteiger partial charge in [0, 0.05) is 17.1 Å². The molecule has 0 unspecified atom stereocenters. The smallest absolute Gasteiger partial charge is 0.252 e. The number of amides is 2. The number of rotatable bonds is 7. The zero-order valence-corrected chi connectivity index (χ0v) is 22.0. The van der Waals surface area contributed by atoms with Crippen LogP contribution in [0.4, 0.5) is 0 Å². The molecule has 1 aliphatic heterocycles. The van der Waals surface area contributed by atoms with Gasteiger partial charge in [-0.25, -0.2) is 0 Å². The van der Waals surface area contributed by atoms with Crippen LogP contribution < -0.4 is 5.32 Å². The Balaban J connectivity index is 1.33. The highest BCUT2D eigenvalue weighted by atomic mass is 35.5. The summed E-state index contributed by atoms with van der Waals surface area (Å²) < 4.78 is 0. The molecule has 186 valence electrons. The van der Waals surface area contributed by atoms with Crippen molar-refractivity contribution in [2.24, 2.45) is 0 Å². The molecule has 1 saturated heterocycles. The summed E-state index contributed by atoms with van der Waals surface area (Å²) in [5, 5.41) is 3.79. The maximum Gasteiger partial charge on any atom is 0.252 e. The molecule has 2 amide bonds. The summed E-state index contributed by atoms with van der Waals surface area (Å²) in [5.41, 5.74) is 5.83. The highest BCUT2D eigenvalue weighted by molar-refractivity contribution is 8.00. The van der Waals surface area contributed by atoms with Crippen molar-refractivity contribution in [2.75, 3.05) is 5.75 Å². The SMILES string of the molecule is Cc1ccc([C@@H](NC(=O)c2ccc([C@@H]3SCC(=O)N3Cc3ccc(Cl)cc3)cc2)c2ccccc2)cc1. The van der Waals surface area contributed by atoms with Gasteiger partial charge in [0.25, 0.3) is 5.91 Å². The highest BCUT2D eigenvalue weighted by Gasteiger charge is 2.33. The van der Waals surface area contributed by atoms with E-state index in [-0.39, 0.29) is 23.2 Å². The average Bonchev–Trinajstić information content (AvgIpc) is 3.29. The average molecular weight is 527 g/mol. The normalized spacial score (nSPS) is 16.0. The highest BCUT2D eigenvalue weighted by Crippen LogP contribution is 2.39. The molecule has 4 nitrogen and oxygen atoms in total. The molecule has 37 heavy (non-hydrogen) atoms. The van der Waals surface area contributed by atoms with E-state index in [9.17, 15) is 9.59 Å². The third kappa shape index (κ3) is 5.90. The fourth-order valence-electron chi connectivity index (χ4n) is 4.46. The lowest BCUT2D eigenvalue weighted by Gasteiger charge is -2.25. The molecule has 0 saturated carbocycles. The van der Waals surface area contributed by atoms with Gasteiger partial charge < -0.3 is 10.2 Å². The van der Waals surface area contributed by atoms with Gasteiger partial charge in [-0.1, -0.05) is 96.0 Å². The molecule has 4 aromatic rings. The number of carbonyl (C=O) groups excluding carboxylic acids is 2. The molecule has 1 aliphatic rings. The van der Waals surface area contributed by atoms with Crippen LogP contribution in [0.15, 0.2) is 103 Å². The van der Waals surface area contributed by atoms with Gasteiger partial charge in [0.15, 0.2) is 0 Å². The van der Waals surface area contributed by atoms with E-state index in [0.717, 1.165) is 22.3 Å². The Bertz CT molecular complexity index is 1370. The number of aryl methyl sites for hydroxylation is 1. The Morgan fingerprint density at radius 3 is 2.24 bits per heavy atom. The molecule has 1 N–H and O–H groups in total. The first-order valence-electron chi connectivity index (χ1n) is 12.2. The van der Waals surface area contributed by atoms with Crippen LogP contribution in [0.5, 0.6) is 0 Å². The number of halogens is 1. The molecular formula is C31H27ClN2O2S. The Kier molecular flexibility index (Phi) is 7.63. The van der Waals surface area contributed by atoms with Crippen molar-refractivity contribution < 1.29 is 9.59 Å². The molecule has 0 bridgehead atoms. The van der Waals surface area contributed by atoms with Gasteiger partial charge in [0.2, 0.25) is 5.91 Å². The molecule has 0 radical (unpaired) electrons. The Hall–Kier alpha value is -3.54. The number of carbonyl (C=O) groups is 2. The van der Waals surface area contributed by atoms with Gasteiger partial charge in [-0.2, -0.15) is 0 Å². The van der Waals surface area contributed by atoms with Gasteiger partial charge in [-0.15, -0.1) is 11.8 Å². The molecule has 2 atom stereocenters. The van der Waals surface area contributed by atoms with Crippen LogP contribution >= 0.6 is 23.4 Å². The van der Waals surface area contributed by atoms with Crippen LogP contribution in [0.2, 0.25) is 5.02 Å².